The van der Waals surface area contributed by atoms with E-state index in [-0.39, 0.29) is 18.1 Å². The highest BCUT2D eigenvalue weighted by atomic mass is 19.2. The average molecular weight is 328 g/mol. The number of aromatic nitrogens is 4. The van der Waals surface area contributed by atoms with E-state index in [1.165, 1.54) is 10.6 Å². The van der Waals surface area contributed by atoms with Gasteiger partial charge in [0.15, 0.2) is 23.1 Å². The zero-order valence-corrected chi connectivity index (χ0v) is 13.0. The van der Waals surface area contributed by atoms with Crippen LogP contribution in [0.3, 0.4) is 0 Å². The largest absolute Gasteiger partial charge is 0.299 e. The second kappa shape index (κ2) is 5.43. The highest BCUT2D eigenvalue weighted by Crippen LogP contribution is 2.31. The Morgan fingerprint density at radius 3 is 2.71 bits per heavy atom. The van der Waals surface area contributed by atoms with Gasteiger partial charge in [-0.3, -0.25) is 4.79 Å². The number of hydrogen-bond acceptors (Lipinski definition) is 4. The Morgan fingerprint density at radius 1 is 1.21 bits per heavy atom. The summed E-state index contributed by atoms with van der Waals surface area (Å²) in [4.78, 5) is 20.8. The standard InChI is InChI=1S/C17H14F2N4O/c1-9-20-16-8-12(7-15(24)10-2-3-10)21-17(23(16)22-9)11-4-5-13(18)14(19)6-11/h4-6,8,10H,2-3,7H2,1H3. The number of fused-ring (bicyclic) bond motifs is 1. The minimum atomic E-state index is -0.959. The van der Waals surface area contributed by atoms with E-state index in [1.807, 2.05) is 0 Å². The van der Waals surface area contributed by atoms with Crippen molar-refractivity contribution in [2.45, 2.75) is 26.2 Å². The number of rotatable bonds is 4. The number of carbonyl (C=O) groups excluding carboxylic acids is 1. The van der Waals surface area contributed by atoms with Crippen molar-refractivity contribution < 1.29 is 13.6 Å². The molecule has 0 spiro atoms. The van der Waals surface area contributed by atoms with Crippen LogP contribution in [-0.4, -0.2) is 25.4 Å². The number of ketones is 1. The van der Waals surface area contributed by atoms with Gasteiger partial charge < -0.3 is 0 Å². The van der Waals surface area contributed by atoms with Crippen molar-refractivity contribution in [2.75, 3.05) is 0 Å². The van der Waals surface area contributed by atoms with Crippen molar-refractivity contribution in [3.63, 3.8) is 0 Å². The van der Waals surface area contributed by atoms with Gasteiger partial charge in [0, 0.05) is 24.0 Å². The topological polar surface area (TPSA) is 60.2 Å². The van der Waals surface area contributed by atoms with Gasteiger partial charge >= 0.3 is 0 Å². The minimum Gasteiger partial charge on any atom is -0.299 e. The molecule has 4 rings (SSSR count). The van der Waals surface area contributed by atoms with Crippen LogP contribution in [0, 0.1) is 24.5 Å². The van der Waals surface area contributed by atoms with Crippen LogP contribution >= 0.6 is 0 Å². The molecule has 0 bridgehead atoms. The van der Waals surface area contributed by atoms with E-state index < -0.39 is 11.6 Å². The fourth-order valence-electron chi connectivity index (χ4n) is 2.69. The molecule has 2 heterocycles. The molecule has 1 fully saturated rings. The van der Waals surface area contributed by atoms with E-state index in [2.05, 4.69) is 15.1 Å². The summed E-state index contributed by atoms with van der Waals surface area (Å²) in [6.07, 6.45) is 2.08. The summed E-state index contributed by atoms with van der Waals surface area (Å²) in [6.45, 7) is 1.73. The summed E-state index contributed by atoms with van der Waals surface area (Å²) in [5.74, 6) is -0.728. The zero-order chi connectivity index (χ0) is 16.8. The molecule has 5 nitrogen and oxygen atoms in total. The molecule has 24 heavy (non-hydrogen) atoms. The maximum atomic E-state index is 13.6. The van der Waals surface area contributed by atoms with Crippen LogP contribution in [0.25, 0.3) is 17.0 Å². The normalized spacial score (nSPS) is 14.3. The fourth-order valence-corrected chi connectivity index (χ4v) is 2.69. The second-order valence-electron chi connectivity index (χ2n) is 6.05. The molecule has 0 radical (unpaired) electrons. The number of halogens is 2. The van der Waals surface area contributed by atoms with Gasteiger partial charge in [-0.2, -0.15) is 4.52 Å². The van der Waals surface area contributed by atoms with Gasteiger partial charge in [-0.15, -0.1) is 5.10 Å². The molecule has 0 N–H and O–H groups in total. The summed E-state index contributed by atoms with van der Waals surface area (Å²) in [6, 6.07) is 5.26. The molecule has 0 amide bonds. The van der Waals surface area contributed by atoms with Crippen LogP contribution in [0.5, 0.6) is 0 Å². The lowest BCUT2D eigenvalue weighted by Gasteiger charge is -2.07. The fraction of sp³-hybridized carbons (Fsp3) is 0.294. The Balaban J connectivity index is 1.84. The summed E-state index contributed by atoms with van der Waals surface area (Å²) < 4.78 is 28.3. The van der Waals surface area contributed by atoms with Gasteiger partial charge in [-0.25, -0.2) is 18.7 Å². The third kappa shape index (κ3) is 2.66. The first-order chi connectivity index (χ1) is 11.5. The predicted octanol–water partition coefficient (Wildman–Crippen LogP) is 2.90. The molecule has 0 unspecified atom stereocenters. The van der Waals surface area contributed by atoms with E-state index in [9.17, 15) is 13.6 Å². The smallest absolute Gasteiger partial charge is 0.163 e. The van der Waals surface area contributed by atoms with E-state index >= 15 is 0 Å². The second-order valence-corrected chi connectivity index (χ2v) is 6.05. The molecule has 0 atom stereocenters. The molecule has 1 saturated carbocycles. The van der Waals surface area contributed by atoms with E-state index in [0.717, 1.165) is 25.0 Å². The van der Waals surface area contributed by atoms with E-state index in [1.54, 1.807) is 13.0 Å². The van der Waals surface area contributed by atoms with Gasteiger partial charge in [0.25, 0.3) is 0 Å². The lowest BCUT2D eigenvalue weighted by Crippen LogP contribution is -2.09. The molecular formula is C17H14F2N4O. The van der Waals surface area contributed by atoms with Crippen molar-refractivity contribution in [1.29, 1.82) is 0 Å². The van der Waals surface area contributed by atoms with Crippen molar-refractivity contribution in [2.24, 2.45) is 5.92 Å². The minimum absolute atomic E-state index is 0.134. The molecule has 1 aliphatic carbocycles. The highest BCUT2D eigenvalue weighted by Gasteiger charge is 2.29. The number of aryl methyl sites for hydroxylation is 1. The maximum Gasteiger partial charge on any atom is 0.163 e. The first-order valence-corrected chi connectivity index (χ1v) is 7.72. The third-order valence-corrected chi connectivity index (χ3v) is 4.05. The summed E-state index contributed by atoms with van der Waals surface area (Å²) in [5.41, 5.74) is 1.47. The van der Waals surface area contributed by atoms with E-state index in [0.29, 0.717) is 28.6 Å². The lowest BCUT2D eigenvalue weighted by molar-refractivity contribution is -0.119. The Labute approximate surface area is 136 Å². The Kier molecular flexibility index (Phi) is 3.37. The maximum absolute atomic E-state index is 13.6. The molecule has 1 aliphatic rings. The number of hydrogen-bond donors (Lipinski definition) is 0. The van der Waals surface area contributed by atoms with Crippen molar-refractivity contribution in [3.05, 3.63) is 47.4 Å². The molecule has 0 aliphatic heterocycles. The van der Waals surface area contributed by atoms with Gasteiger partial charge in [-0.05, 0) is 38.0 Å². The monoisotopic (exact) mass is 328 g/mol. The Hall–Kier alpha value is -2.70. The predicted molar refractivity (Wildman–Crippen MR) is 82.3 cm³/mol. The number of Topliss-reactive ketones (excluding diaryl/α,β-unsaturated/α-hetero) is 1. The number of nitrogens with zero attached hydrogens (tertiary/aromatic N) is 4. The third-order valence-electron chi connectivity index (χ3n) is 4.05. The van der Waals surface area contributed by atoms with Gasteiger partial charge in [0.05, 0.1) is 5.69 Å². The molecule has 0 saturated heterocycles. The number of benzene rings is 1. The van der Waals surface area contributed by atoms with Crippen LogP contribution in [0.2, 0.25) is 0 Å². The van der Waals surface area contributed by atoms with Crippen LogP contribution < -0.4 is 0 Å². The Morgan fingerprint density at radius 2 is 2.00 bits per heavy atom. The SMILES string of the molecule is Cc1nc2cc(CC(=O)C3CC3)nc(-c3ccc(F)c(F)c3)n2n1. The van der Waals surface area contributed by atoms with Crippen LogP contribution in [-0.2, 0) is 11.2 Å². The first kappa shape index (κ1) is 14.9. The van der Waals surface area contributed by atoms with Gasteiger partial charge in [-0.1, -0.05) is 0 Å². The van der Waals surface area contributed by atoms with Gasteiger partial charge in [0.1, 0.15) is 11.6 Å². The average Bonchev–Trinajstić information content (AvgIpc) is 3.31. The van der Waals surface area contributed by atoms with Crippen LogP contribution in [0.1, 0.15) is 24.4 Å². The summed E-state index contributed by atoms with van der Waals surface area (Å²) >= 11 is 0. The summed E-state index contributed by atoms with van der Waals surface area (Å²) in [5, 5.41) is 4.25. The molecule has 3 aromatic rings. The van der Waals surface area contributed by atoms with E-state index in [4.69, 9.17) is 0 Å². The first-order valence-electron chi connectivity index (χ1n) is 7.72. The molecular weight excluding hydrogens is 314 g/mol. The Bertz CT molecular complexity index is 963. The molecule has 1 aromatic carbocycles. The zero-order valence-electron chi connectivity index (χ0n) is 13.0. The van der Waals surface area contributed by atoms with Crippen LogP contribution in [0.15, 0.2) is 24.3 Å². The van der Waals surface area contributed by atoms with Crippen molar-refractivity contribution >= 4 is 11.4 Å². The van der Waals surface area contributed by atoms with Crippen LogP contribution in [0.4, 0.5) is 8.78 Å². The van der Waals surface area contributed by atoms with Gasteiger partial charge in [0.2, 0.25) is 0 Å². The van der Waals surface area contributed by atoms with Crippen molar-refractivity contribution in [1.82, 2.24) is 19.6 Å². The lowest BCUT2D eigenvalue weighted by atomic mass is 10.1. The summed E-state index contributed by atoms with van der Waals surface area (Å²) in [7, 11) is 0. The number of carbonyl (C=O) groups is 1. The highest BCUT2D eigenvalue weighted by molar-refractivity contribution is 5.85. The molecule has 2 aromatic heterocycles. The quantitative estimate of drug-likeness (QED) is 0.739. The molecule has 7 heteroatoms. The molecule has 122 valence electrons. The van der Waals surface area contributed by atoms with Crippen molar-refractivity contribution in [3.8, 4) is 11.4 Å².